The lowest BCUT2D eigenvalue weighted by Gasteiger charge is -2.14. The summed E-state index contributed by atoms with van der Waals surface area (Å²) in [7, 11) is 0. The molecule has 0 spiro atoms. The maximum absolute atomic E-state index is 13.4. The molecule has 0 atom stereocenters. The highest BCUT2D eigenvalue weighted by molar-refractivity contribution is 14.1. The Morgan fingerprint density at radius 3 is 2.52 bits per heavy atom. The van der Waals surface area contributed by atoms with Gasteiger partial charge < -0.3 is 4.57 Å². The molecule has 2 heterocycles. The first-order valence-corrected chi connectivity index (χ1v) is 9.55. The molecule has 25 heavy (non-hydrogen) atoms. The van der Waals surface area contributed by atoms with Gasteiger partial charge in [0.25, 0.3) is 5.92 Å². The Kier molecular flexibility index (Phi) is 4.54. The Morgan fingerprint density at radius 1 is 1.04 bits per heavy atom. The predicted octanol–water partition coefficient (Wildman–Crippen LogP) is 5.12. The number of para-hydroxylation sites is 1. The first kappa shape index (κ1) is 17.0. The SMILES string of the molecule is FC1(F)CCN(CCc2cn(-c3ccc(I)cc3)c3ccccc23)C1. The maximum atomic E-state index is 13.4. The van der Waals surface area contributed by atoms with E-state index in [9.17, 15) is 8.78 Å². The Morgan fingerprint density at radius 2 is 1.80 bits per heavy atom. The summed E-state index contributed by atoms with van der Waals surface area (Å²) in [5, 5.41) is 1.20. The highest BCUT2D eigenvalue weighted by atomic mass is 127. The van der Waals surface area contributed by atoms with Crippen LogP contribution in [-0.2, 0) is 6.42 Å². The summed E-state index contributed by atoms with van der Waals surface area (Å²) in [5.41, 5.74) is 3.49. The maximum Gasteiger partial charge on any atom is 0.261 e. The summed E-state index contributed by atoms with van der Waals surface area (Å²) in [5.74, 6) is -2.52. The first-order valence-electron chi connectivity index (χ1n) is 8.47. The summed E-state index contributed by atoms with van der Waals surface area (Å²) >= 11 is 2.30. The Hall–Kier alpha value is -1.47. The second-order valence-electron chi connectivity index (χ2n) is 6.65. The fraction of sp³-hybridized carbons (Fsp3) is 0.300. The van der Waals surface area contributed by atoms with Crippen molar-refractivity contribution in [3.05, 3.63) is 63.9 Å². The third kappa shape index (κ3) is 3.58. The molecule has 2 nitrogen and oxygen atoms in total. The molecule has 0 aliphatic carbocycles. The zero-order valence-electron chi connectivity index (χ0n) is 13.8. The number of likely N-dealkylation sites (tertiary alicyclic amines) is 1. The summed E-state index contributed by atoms with van der Waals surface area (Å²) in [6.07, 6.45) is 2.92. The lowest BCUT2D eigenvalue weighted by atomic mass is 10.1. The number of benzene rings is 2. The average Bonchev–Trinajstić information content (AvgIpc) is 3.14. The van der Waals surface area contributed by atoms with E-state index in [4.69, 9.17) is 0 Å². The average molecular weight is 452 g/mol. The number of hydrogen-bond donors (Lipinski definition) is 0. The molecule has 0 saturated carbocycles. The molecule has 0 bridgehead atoms. The molecule has 5 heteroatoms. The van der Waals surface area contributed by atoms with Gasteiger partial charge in [-0.1, -0.05) is 18.2 Å². The van der Waals surface area contributed by atoms with E-state index in [0.29, 0.717) is 13.1 Å². The minimum Gasteiger partial charge on any atom is -0.316 e. The highest BCUT2D eigenvalue weighted by Crippen LogP contribution is 2.29. The van der Waals surface area contributed by atoms with Crippen LogP contribution in [0.2, 0.25) is 0 Å². The number of alkyl halides is 2. The van der Waals surface area contributed by atoms with Crippen LogP contribution in [0.3, 0.4) is 0 Å². The third-order valence-corrected chi connectivity index (χ3v) is 5.56. The van der Waals surface area contributed by atoms with Crippen molar-refractivity contribution in [1.29, 1.82) is 0 Å². The van der Waals surface area contributed by atoms with Gasteiger partial charge in [-0.3, -0.25) is 4.90 Å². The predicted molar refractivity (Wildman–Crippen MR) is 106 cm³/mol. The molecule has 1 fully saturated rings. The van der Waals surface area contributed by atoms with Crippen molar-refractivity contribution in [1.82, 2.24) is 9.47 Å². The van der Waals surface area contributed by atoms with Crippen LogP contribution in [-0.4, -0.2) is 35.0 Å². The highest BCUT2D eigenvalue weighted by Gasteiger charge is 2.37. The van der Waals surface area contributed by atoms with E-state index in [1.807, 2.05) is 17.0 Å². The van der Waals surface area contributed by atoms with Crippen LogP contribution in [0.25, 0.3) is 16.6 Å². The van der Waals surface area contributed by atoms with E-state index in [-0.39, 0.29) is 13.0 Å². The van der Waals surface area contributed by atoms with Gasteiger partial charge in [0, 0.05) is 40.4 Å². The van der Waals surface area contributed by atoms with E-state index in [1.54, 1.807) is 0 Å². The van der Waals surface area contributed by atoms with Crippen molar-refractivity contribution in [2.75, 3.05) is 19.6 Å². The van der Waals surface area contributed by atoms with Crippen LogP contribution < -0.4 is 0 Å². The van der Waals surface area contributed by atoms with Crippen molar-refractivity contribution in [3.8, 4) is 5.69 Å². The third-order valence-electron chi connectivity index (χ3n) is 4.85. The monoisotopic (exact) mass is 452 g/mol. The Bertz CT molecular complexity index is 886. The van der Waals surface area contributed by atoms with Gasteiger partial charge >= 0.3 is 0 Å². The fourth-order valence-corrected chi connectivity index (χ4v) is 3.90. The molecule has 1 aliphatic heterocycles. The normalized spacial score (nSPS) is 17.4. The van der Waals surface area contributed by atoms with E-state index in [1.165, 1.54) is 14.5 Å². The molecular weight excluding hydrogens is 433 g/mol. The van der Waals surface area contributed by atoms with Crippen LogP contribution in [0.4, 0.5) is 8.78 Å². The summed E-state index contributed by atoms with van der Waals surface area (Å²) in [6.45, 7) is 1.06. The molecule has 0 N–H and O–H groups in total. The van der Waals surface area contributed by atoms with Crippen LogP contribution in [0.1, 0.15) is 12.0 Å². The number of halogens is 3. The molecule has 0 amide bonds. The van der Waals surface area contributed by atoms with Gasteiger partial charge in [-0.25, -0.2) is 8.78 Å². The van der Waals surface area contributed by atoms with Gasteiger partial charge in [0.05, 0.1) is 12.1 Å². The van der Waals surface area contributed by atoms with Crippen molar-refractivity contribution in [2.45, 2.75) is 18.8 Å². The van der Waals surface area contributed by atoms with E-state index in [2.05, 4.69) is 69.8 Å². The van der Waals surface area contributed by atoms with Crippen LogP contribution in [0.15, 0.2) is 54.7 Å². The molecule has 1 aliphatic rings. The van der Waals surface area contributed by atoms with E-state index >= 15 is 0 Å². The largest absolute Gasteiger partial charge is 0.316 e. The second-order valence-corrected chi connectivity index (χ2v) is 7.90. The van der Waals surface area contributed by atoms with Gasteiger partial charge in [0.1, 0.15) is 0 Å². The summed E-state index contributed by atoms with van der Waals surface area (Å²) in [4.78, 5) is 1.87. The van der Waals surface area contributed by atoms with Gasteiger partial charge in [-0.2, -0.15) is 0 Å². The number of fused-ring (bicyclic) bond motifs is 1. The second kappa shape index (κ2) is 6.68. The van der Waals surface area contributed by atoms with Crippen molar-refractivity contribution < 1.29 is 8.78 Å². The minimum atomic E-state index is -2.52. The first-order chi connectivity index (χ1) is 12.0. The van der Waals surface area contributed by atoms with Crippen LogP contribution >= 0.6 is 22.6 Å². The topological polar surface area (TPSA) is 8.17 Å². The number of rotatable bonds is 4. The number of hydrogen-bond acceptors (Lipinski definition) is 1. The molecule has 4 rings (SSSR count). The smallest absolute Gasteiger partial charge is 0.261 e. The van der Waals surface area contributed by atoms with Crippen molar-refractivity contribution >= 4 is 33.5 Å². The van der Waals surface area contributed by atoms with Crippen molar-refractivity contribution in [3.63, 3.8) is 0 Å². The van der Waals surface area contributed by atoms with Gasteiger partial charge in [0.15, 0.2) is 0 Å². The minimum absolute atomic E-state index is 0.0165. The molecule has 0 radical (unpaired) electrons. The molecule has 1 saturated heterocycles. The van der Waals surface area contributed by atoms with E-state index < -0.39 is 5.92 Å². The van der Waals surface area contributed by atoms with E-state index in [0.717, 1.165) is 17.6 Å². The van der Waals surface area contributed by atoms with Crippen LogP contribution in [0, 0.1) is 3.57 Å². The summed E-state index contributed by atoms with van der Waals surface area (Å²) < 4.78 is 30.2. The molecular formula is C20H19F2IN2. The zero-order chi connectivity index (χ0) is 17.4. The van der Waals surface area contributed by atoms with Gasteiger partial charge in [-0.15, -0.1) is 0 Å². The van der Waals surface area contributed by atoms with Gasteiger partial charge in [0.2, 0.25) is 0 Å². The van der Waals surface area contributed by atoms with Crippen LogP contribution in [0.5, 0.6) is 0 Å². The van der Waals surface area contributed by atoms with Crippen molar-refractivity contribution in [2.24, 2.45) is 0 Å². The summed E-state index contributed by atoms with van der Waals surface area (Å²) in [6, 6.07) is 16.7. The van der Waals surface area contributed by atoms with Gasteiger partial charge in [-0.05, 0) is 64.9 Å². The Labute approximate surface area is 159 Å². The lowest BCUT2D eigenvalue weighted by molar-refractivity contribution is 0.0123. The lowest BCUT2D eigenvalue weighted by Crippen LogP contribution is -2.27. The fourth-order valence-electron chi connectivity index (χ4n) is 3.54. The molecule has 130 valence electrons. The Balaban J connectivity index is 1.62. The number of nitrogens with zero attached hydrogens (tertiary/aromatic N) is 2. The zero-order valence-corrected chi connectivity index (χ0v) is 15.9. The standard InChI is InChI=1S/C20H19F2IN2/c21-20(22)10-12-24(14-20)11-9-15-13-25(17-7-5-16(23)6-8-17)19-4-2-1-3-18(15)19/h1-8,13H,9-12,14H2. The number of aromatic nitrogens is 1. The molecule has 0 unspecified atom stereocenters. The molecule has 1 aromatic heterocycles. The molecule has 3 aromatic rings. The quantitative estimate of drug-likeness (QED) is 0.499. The molecule has 2 aromatic carbocycles.